The summed E-state index contributed by atoms with van der Waals surface area (Å²) < 4.78 is 5.58. The van der Waals surface area contributed by atoms with Crippen LogP contribution in [0.4, 0.5) is 5.82 Å². The molecule has 0 spiro atoms. The summed E-state index contributed by atoms with van der Waals surface area (Å²) in [5, 5.41) is 9.75. The maximum Gasteiger partial charge on any atom is 0.233 e. The van der Waals surface area contributed by atoms with Gasteiger partial charge in [0, 0.05) is 11.1 Å². The Morgan fingerprint density at radius 2 is 2.35 bits per heavy atom. The maximum absolute atomic E-state index is 12.5. The second-order valence-electron chi connectivity index (χ2n) is 4.84. The number of carbonyl (C=O) groups excluding carboxylic acids is 1. The van der Waals surface area contributed by atoms with Crippen molar-refractivity contribution in [2.45, 2.75) is 25.7 Å². The average molecular weight is 271 g/mol. The largest absolute Gasteiger partial charge is 0.493 e. The van der Waals surface area contributed by atoms with Crippen LogP contribution in [-0.2, 0) is 11.2 Å². The van der Waals surface area contributed by atoms with Gasteiger partial charge in [0.1, 0.15) is 11.6 Å². The zero-order chi connectivity index (χ0) is 13.9. The van der Waals surface area contributed by atoms with Gasteiger partial charge in [-0.1, -0.05) is 25.1 Å². The van der Waals surface area contributed by atoms with E-state index in [-0.39, 0.29) is 11.8 Å². The number of ether oxygens (including phenoxy) is 1. The summed E-state index contributed by atoms with van der Waals surface area (Å²) in [6.07, 6.45) is 3.27. The van der Waals surface area contributed by atoms with Crippen LogP contribution in [0.15, 0.2) is 30.5 Å². The SMILES string of the molecule is CCc1cn[nH]c1NC(=O)C1CCOc2ccccc21. The lowest BCUT2D eigenvalue weighted by Gasteiger charge is -2.24. The number of para-hydroxylation sites is 1. The number of rotatable bonds is 3. The van der Waals surface area contributed by atoms with Crippen LogP contribution in [0.2, 0.25) is 0 Å². The predicted molar refractivity (Wildman–Crippen MR) is 75.9 cm³/mol. The Hall–Kier alpha value is -2.30. The van der Waals surface area contributed by atoms with Gasteiger partial charge in [-0.05, 0) is 18.9 Å². The highest BCUT2D eigenvalue weighted by Crippen LogP contribution is 2.34. The molecule has 2 aromatic rings. The molecule has 1 aromatic heterocycles. The minimum absolute atomic E-state index is 0.0142. The summed E-state index contributed by atoms with van der Waals surface area (Å²) >= 11 is 0. The Kier molecular flexibility index (Phi) is 3.41. The van der Waals surface area contributed by atoms with Gasteiger partial charge >= 0.3 is 0 Å². The first-order valence-electron chi connectivity index (χ1n) is 6.84. The molecule has 1 aromatic carbocycles. The van der Waals surface area contributed by atoms with E-state index in [0.29, 0.717) is 18.8 Å². The molecular formula is C15H17N3O2. The fraction of sp³-hybridized carbons (Fsp3) is 0.333. The molecule has 104 valence electrons. The predicted octanol–water partition coefficient (Wildman–Crippen LogP) is 2.48. The maximum atomic E-state index is 12.5. The lowest BCUT2D eigenvalue weighted by Crippen LogP contribution is -2.26. The van der Waals surface area contributed by atoms with Gasteiger partial charge in [-0.2, -0.15) is 5.10 Å². The van der Waals surface area contributed by atoms with Crippen LogP contribution in [-0.4, -0.2) is 22.7 Å². The number of amides is 1. The highest BCUT2D eigenvalue weighted by molar-refractivity contribution is 5.96. The van der Waals surface area contributed by atoms with Crippen molar-refractivity contribution in [2.24, 2.45) is 0 Å². The number of H-pyrrole nitrogens is 1. The van der Waals surface area contributed by atoms with Gasteiger partial charge in [-0.25, -0.2) is 0 Å². The third-order valence-electron chi connectivity index (χ3n) is 3.62. The molecule has 1 aliphatic rings. The van der Waals surface area contributed by atoms with Crippen LogP contribution >= 0.6 is 0 Å². The number of hydrogen-bond donors (Lipinski definition) is 2. The lowest BCUT2D eigenvalue weighted by atomic mass is 9.92. The first-order chi connectivity index (χ1) is 9.79. The second-order valence-corrected chi connectivity index (χ2v) is 4.84. The van der Waals surface area contributed by atoms with E-state index >= 15 is 0 Å². The van der Waals surface area contributed by atoms with Gasteiger partial charge in [-0.15, -0.1) is 0 Å². The van der Waals surface area contributed by atoms with Gasteiger partial charge in [-0.3, -0.25) is 9.89 Å². The van der Waals surface area contributed by atoms with Crippen LogP contribution in [0.25, 0.3) is 0 Å². The minimum Gasteiger partial charge on any atom is -0.493 e. The topological polar surface area (TPSA) is 67.0 Å². The van der Waals surface area contributed by atoms with Crippen LogP contribution in [0.1, 0.15) is 30.4 Å². The van der Waals surface area contributed by atoms with Gasteiger partial charge in [0.05, 0.1) is 18.7 Å². The first-order valence-corrected chi connectivity index (χ1v) is 6.84. The van der Waals surface area contributed by atoms with Crippen molar-refractivity contribution in [2.75, 3.05) is 11.9 Å². The fourth-order valence-corrected chi connectivity index (χ4v) is 2.51. The molecule has 20 heavy (non-hydrogen) atoms. The minimum atomic E-state index is -0.173. The van der Waals surface area contributed by atoms with E-state index in [1.54, 1.807) is 6.20 Å². The number of benzene rings is 1. The quantitative estimate of drug-likeness (QED) is 0.901. The molecule has 1 amide bonds. The van der Waals surface area contributed by atoms with Crippen LogP contribution < -0.4 is 10.1 Å². The molecule has 5 nitrogen and oxygen atoms in total. The molecule has 2 heterocycles. The number of hydrogen-bond acceptors (Lipinski definition) is 3. The van der Waals surface area contributed by atoms with Gasteiger partial charge in [0.25, 0.3) is 0 Å². The highest BCUT2D eigenvalue weighted by Gasteiger charge is 2.27. The Labute approximate surface area is 117 Å². The number of anilines is 1. The number of carbonyl (C=O) groups is 1. The molecule has 1 atom stereocenters. The van der Waals surface area contributed by atoms with Gasteiger partial charge in [0.15, 0.2) is 0 Å². The van der Waals surface area contributed by atoms with E-state index in [1.165, 1.54) is 0 Å². The van der Waals surface area contributed by atoms with E-state index in [9.17, 15) is 4.79 Å². The van der Waals surface area contributed by atoms with E-state index in [2.05, 4.69) is 15.5 Å². The lowest BCUT2D eigenvalue weighted by molar-refractivity contribution is -0.118. The standard InChI is InChI=1S/C15H17N3O2/c1-2-10-9-16-18-14(10)17-15(19)12-7-8-20-13-6-4-3-5-11(12)13/h3-6,9,12H,2,7-8H2,1H3,(H2,16,17,18,19). The van der Waals surface area contributed by atoms with Crippen molar-refractivity contribution >= 4 is 11.7 Å². The molecule has 0 saturated carbocycles. The molecule has 0 aliphatic carbocycles. The summed E-state index contributed by atoms with van der Waals surface area (Å²) in [7, 11) is 0. The van der Waals surface area contributed by atoms with Crippen molar-refractivity contribution < 1.29 is 9.53 Å². The highest BCUT2D eigenvalue weighted by atomic mass is 16.5. The number of nitrogens with one attached hydrogen (secondary N) is 2. The molecule has 0 radical (unpaired) electrons. The van der Waals surface area contributed by atoms with Crippen molar-refractivity contribution in [3.05, 3.63) is 41.6 Å². The Bertz CT molecular complexity index is 621. The van der Waals surface area contributed by atoms with Crippen LogP contribution in [0.5, 0.6) is 5.75 Å². The van der Waals surface area contributed by atoms with Crippen molar-refractivity contribution in [1.82, 2.24) is 10.2 Å². The normalized spacial score (nSPS) is 17.1. The summed E-state index contributed by atoms with van der Waals surface area (Å²) in [6, 6.07) is 7.71. The molecule has 2 N–H and O–H groups in total. The first kappa shape index (κ1) is 12.7. The van der Waals surface area contributed by atoms with Crippen molar-refractivity contribution in [3.8, 4) is 5.75 Å². The van der Waals surface area contributed by atoms with E-state index in [1.807, 2.05) is 31.2 Å². The number of fused-ring (bicyclic) bond motifs is 1. The third-order valence-corrected chi connectivity index (χ3v) is 3.62. The van der Waals surface area contributed by atoms with Crippen LogP contribution in [0.3, 0.4) is 0 Å². The van der Waals surface area contributed by atoms with Crippen molar-refractivity contribution in [3.63, 3.8) is 0 Å². The van der Waals surface area contributed by atoms with Gasteiger partial charge < -0.3 is 10.1 Å². The Morgan fingerprint density at radius 1 is 1.50 bits per heavy atom. The number of aromatic amines is 1. The van der Waals surface area contributed by atoms with E-state index < -0.39 is 0 Å². The number of nitrogens with zero attached hydrogens (tertiary/aromatic N) is 1. The summed E-state index contributed by atoms with van der Waals surface area (Å²) in [5.74, 6) is 1.31. The Morgan fingerprint density at radius 3 is 3.20 bits per heavy atom. The van der Waals surface area contributed by atoms with Crippen molar-refractivity contribution in [1.29, 1.82) is 0 Å². The monoisotopic (exact) mass is 271 g/mol. The third kappa shape index (κ3) is 2.27. The molecular weight excluding hydrogens is 254 g/mol. The molecule has 1 unspecified atom stereocenters. The van der Waals surface area contributed by atoms with E-state index in [4.69, 9.17) is 4.74 Å². The second kappa shape index (κ2) is 5.36. The zero-order valence-electron chi connectivity index (χ0n) is 11.3. The van der Waals surface area contributed by atoms with Crippen LogP contribution in [0, 0.1) is 0 Å². The molecule has 0 fully saturated rings. The molecule has 5 heteroatoms. The van der Waals surface area contributed by atoms with Gasteiger partial charge in [0.2, 0.25) is 5.91 Å². The number of aromatic nitrogens is 2. The molecule has 1 aliphatic heterocycles. The fourth-order valence-electron chi connectivity index (χ4n) is 2.51. The molecule has 0 bridgehead atoms. The number of aryl methyl sites for hydroxylation is 1. The smallest absolute Gasteiger partial charge is 0.233 e. The summed E-state index contributed by atoms with van der Waals surface area (Å²) in [6.45, 7) is 2.60. The summed E-state index contributed by atoms with van der Waals surface area (Å²) in [4.78, 5) is 12.5. The molecule has 0 saturated heterocycles. The summed E-state index contributed by atoms with van der Waals surface area (Å²) in [5.41, 5.74) is 1.97. The average Bonchev–Trinajstić information content (AvgIpc) is 2.93. The van der Waals surface area contributed by atoms with E-state index in [0.717, 1.165) is 23.3 Å². The molecule has 3 rings (SSSR count). The zero-order valence-corrected chi connectivity index (χ0v) is 11.3. The Balaban J connectivity index is 1.82.